The maximum absolute atomic E-state index is 11.8. The first-order valence-corrected chi connectivity index (χ1v) is 6.30. The summed E-state index contributed by atoms with van der Waals surface area (Å²) in [7, 11) is 1.57. The van der Waals surface area contributed by atoms with Crippen molar-refractivity contribution >= 4 is 11.6 Å². The molecule has 2 rings (SSSR count). The van der Waals surface area contributed by atoms with E-state index < -0.39 is 0 Å². The van der Waals surface area contributed by atoms with Crippen LogP contribution >= 0.6 is 0 Å². The molecule has 1 aromatic heterocycles. The van der Waals surface area contributed by atoms with Crippen LogP contribution in [0.4, 0.5) is 0 Å². The van der Waals surface area contributed by atoms with Crippen LogP contribution in [0, 0.1) is 0 Å². The first-order chi connectivity index (χ1) is 9.22. The van der Waals surface area contributed by atoms with E-state index in [0.29, 0.717) is 18.9 Å². The molecule has 104 valence electrons. The van der Waals surface area contributed by atoms with E-state index in [1.807, 2.05) is 6.92 Å². The highest BCUT2D eigenvalue weighted by molar-refractivity contribution is 5.91. The number of hydrogen-bond donors (Lipinski definition) is 1. The van der Waals surface area contributed by atoms with Gasteiger partial charge in [0.25, 0.3) is 5.91 Å². The molecular weight excluding hydrogens is 248 g/mol. The molecule has 0 radical (unpaired) electrons. The van der Waals surface area contributed by atoms with E-state index in [-0.39, 0.29) is 17.8 Å². The van der Waals surface area contributed by atoms with Crippen LogP contribution in [0.1, 0.15) is 36.1 Å². The number of hydrogen-bond acceptors (Lipinski definition) is 5. The van der Waals surface area contributed by atoms with Gasteiger partial charge in [0.15, 0.2) is 5.76 Å². The van der Waals surface area contributed by atoms with E-state index in [9.17, 15) is 4.79 Å². The number of amides is 1. The van der Waals surface area contributed by atoms with Crippen molar-refractivity contribution in [3.05, 3.63) is 23.7 Å². The molecular formula is C13H18N2O4. The lowest BCUT2D eigenvalue weighted by atomic mass is 10.1. The molecule has 2 heterocycles. The van der Waals surface area contributed by atoms with Gasteiger partial charge in [0.1, 0.15) is 18.5 Å². The Morgan fingerprint density at radius 2 is 2.42 bits per heavy atom. The van der Waals surface area contributed by atoms with Crippen LogP contribution < -0.4 is 5.32 Å². The lowest BCUT2D eigenvalue weighted by Crippen LogP contribution is -2.32. The molecule has 1 N–H and O–H groups in total. The molecule has 1 aromatic rings. The van der Waals surface area contributed by atoms with Crippen LogP contribution in [0.2, 0.25) is 0 Å². The Labute approximate surface area is 111 Å². The highest BCUT2D eigenvalue weighted by Gasteiger charge is 2.21. The van der Waals surface area contributed by atoms with Crippen molar-refractivity contribution in [3.63, 3.8) is 0 Å². The first-order valence-electron chi connectivity index (χ1n) is 6.30. The number of methoxy groups -OCH3 is 1. The summed E-state index contributed by atoms with van der Waals surface area (Å²) in [5.41, 5.74) is 1.03. The van der Waals surface area contributed by atoms with Gasteiger partial charge in [0.05, 0.1) is 12.3 Å². The van der Waals surface area contributed by atoms with Crippen LogP contribution in [0.15, 0.2) is 21.7 Å². The number of ether oxygens (including phenoxy) is 1. The molecule has 0 saturated heterocycles. The maximum atomic E-state index is 11.8. The molecule has 0 spiro atoms. The summed E-state index contributed by atoms with van der Waals surface area (Å²) in [5, 5.41) is 6.71. The van der Waals surface area contributed by atoms with Gasteiger partial charge in [-0.3, -0.25) is 4.79 Å². The second-order valence-corrected chi connectivity index (χ2v) is 4.35. The van der Waals surface area contributed by atoms with Crippen LogP contribution in [0.25, 0.3) is 0 Å². The van der Waals surface area contributed by atoms with Crippen molar-refractivity contribution in [1.82, 2.24) is 5.32 Å². The average Bonchev–Trinajstić information content (AvgIpc) is 3.05. The zero-order valence-corrected chi connectivity index (χ0v) is 11.1. The summed E-state index contributed by atoms with van der Waals surface area (Å²) in [6.45, 7) is 2.81. The summed E-state index contributed by atoms with van der Waals surface area (Å²) in [4.78, 5) is 17.0. The summed E-state index contributed by atoms with van der Waals surface area (Å²) in [6, 6.07) is 3.36. The zero-order valence-electron chi connectivity index (χ0n) is 11.1. The van der Waals surface area contributed by atoms with Crippen LogP contribution in [0.3, 0.4) is 0 Å². The van der Waals surface area contributed by atoms with E-state index in [0.717, 1.165) is 18.6 Å². The van der Waals surface area contributed by atoms with E-state index in [4.69, 9.17) is 14.0 Å². The van der Waals surface area contributed by atoms with E-state index >= 15 is 0 Å². The van der Waals surface area contributed by atoms with Crippen molar-refractivity contribution < 1.29 is 18.8 Å². The van der Waals surface area contributed by atoms with Gasteiger partial charge in [-0.2, -0.15) is 0 Å². The fourth-order valence-electron chi connectivity index (χ4n) is 1.82. The first kappa shape index (κ1) is 13.6. The third-order valence-corrected chi connectivity index (χ3v) is 2.86. The number of nitrogens with zero attached hydrogens (tertiary/aromatic N) is 1. The largest absolute Gasteiger partial charge is 0.453 e. The summed E-state index contributed by atoms with van der Waals surface area (Å²) >= 11 is 0. The summed E-state index contributed by atoms with van der Waals surface area (Å²) in [6.07, 6.45) is 1.57. The number of furan rings is 1. The number of carbonyl (C=O) groups is 1. The molecule has 1 aliphatic heterocycles. The highest BCUT2D eigenvalue weighted by atomic mass is 16.6. The summed E-state index contributed by atoms with van der Waals surface area (Å²) < 4.78 is 10.3. The summed E-state index contributed by atoms with van der Waals surface area (Å²) in [5.74, 6) is 0.652. The topological polar surface area (TPSA) is 73.1 Å². The fourth-order valence-corrected chi connectivity index (χ4v) is 1.82. The van der Waals surface area contributed by atoms with Crippen molar-refractivity contribution in [2.45, 2.75) is 32.5 Å². The van der Waals surface area contributed by atoms with Crippen LogP contribution in [-0.2, 0) is 16.2 Å². The SMILES string of the molecule is CCC1=NOC(CNC(=O)c2ccc(COC)o2)C1. The lowest BCUT2D eigenvalue weighted by Gasteiger charge is -2.08. The van der Waals surface area contributed by atoms with Crippen molar-refractivity contribution in [3.8, 4) is 0 Å². The van der Waals surface area contributed by atoms with Crippen molar-refractivity contribution in [1.29, 1.82) is 0 Å². The van der Waals surface area contributed by atoms with Crippen molar-refractivity contribution in [2.24, 2.45) is 5.16 Å². The molecule has 0 bridgehead atoms. The minimum atomic E-state index is -0.254. The Bertz CT molecular complexity index is 467. The van der Waals surface area contributed by atoms with E-state index in [1.54, 1.807) is 19.2 Å². The number of nitrogens with one attached hydrogen (secondary N) is 1. The molecule has 1 unspecified atom stereocenters. The maximum Gasteiger partial charge on any atom is 0.287 e. The van der Waals surface area contributed by atoms with Gasteiger partial charge < -0.3 is 19.3 Å². The molecule has 19 heavy (non-hydrogen) atoms. The second kappa shape index (κ2) is 6.38. The fraction of sp³-hybridized carbons (Fsp3) is 0.538. The second-order valence-electron chi connectivity index (χ2n) is 4.35. The molecule has 0 saturated carbocycles. The third-order valence-electron chi connectivity index (χ3n) is 2.86. The predicted octanol–water partition coefficient (Wildman–Crippen LogP) is 1.71. The minimum Gasteiger partial charge on any atom is -0.453 e. The number of carbonyl (C=O) groups excluding carboxylic acids is 1. The normalized spacial score (nSPS) is 18.0. The Kier molecular flexibility index (Phi) is 4.57. The van der Waals surface area contributed by atoms with Crippen LogP contribution in [-0.4, -0.2) is 31.4 Å². The van der Waals surface area contributed by atoms with Gasteiger partial charge in [-0.05, 0) is 18.6 Å². The standard InChI is InChI=1S/C13H18N2O4/c1-3-9-6-11(19-15-9)7-14-13(16)12-5-4-10(18-12)8-17-2/h4-5,11H,3,6-8H2,1-2H3,(H,14,16). The monoisotopic (exact) mass is 266 g/mol. The van der Waals surface area contributed by atoms with Crippen LogP contribution in [0.5, 0.6) is 0 Å². The van der Waals surface area contributed by atoms with E-state index in [1.165, 1.54) is 0 Å². The quantitative estimate of drug-likeness (QED) is 0.850. The smallest absolute Gasteiger partial charge is 0.287 e. The molecule has 1 aliphatic rings. The minimum absolute atomic E-state index is 0.0766. The van der Waals surface area contributed by atoms with Gasteiger partial charge in [0.2, 0.25) is 0 Å². The van der Waals surface area contributed by atoms with Gasteiger partial charge in [-0.15, -0.1) is 0 Å². The Morgan fingerprint density at radius 1 is 1.58 bits per heavy atom. The van der Waals surface area contributed by atoms with Gasteiger partial charge >= 0.3 is 0 Å². The van der Waals surface area contributed by atoms with Gasteiger partial charge in [-0.25, -0.2) is 0 Å². The third kappa shape index (κ3) is 3.57. The Balaban J connectivity index is 1.78. The zero-order chi connectivity index (χ0) is 13.7. The Morgan fingerprint density at radius 3 is 3.11 bits per heavy atom. The molecule has 0 aliphatic carbocycles. The van der Waals surface area contributed by atoms with Gasteiger partial charge in [0, 0.05) is 13.5 Å². The Hall–Kier alpha value is -1.82. The average molecular weight is 266 g/mol. The van der Waals surface area contributed by atoms with Gasteiger partial charge in [-0.1, -0.05) is 12.1 Å². The molecule has 6 heteroatoms. The molecule has 0 fully saturated rings. The molecule has 1 atom stereocenters. The lowest BCUT2D eigenvalue weighted by molar-refractivity contribution is 0.0736. The molecule has 1 amide bonds. The van der Waals surface area contributed by atoms with Crippen molar-refractivity contribution in [2.75, 3.05) is 13.7 Å². The number of rotatable bonds is 6. The van der Waals surface area contributed by atoms with E-state index in [2.05, 4.69) is 10.5 Å². The highest BCUT2D eigenvalue weighted by Crippen LogP contribution is 2.12. The number of oxime groups is 1. The molecule has 6 nitrogen and oxygen atoms in total. The molecule has 0 aromatic carbocycles. The predicted molar refractivity (Wildman–Crippen MR) is 69.0 cm³/mol.